The Morgan fingerprint density at radius 2 is 1.57 bits per heavy atom. The van der Waals surface area contributed by atoms with Gasteiger partial charge in [-0.2, -0.15) is 39.5 Å². The Morgan fingerprint density at radius 1 is 1.00 bits per heavy atom. The maximum atomic E-state index is 14.2. The predicted molar refractivity (Wildman–Crippen MR) is 81.5 cm³/mol. The molecule has 1 saturated heterocycles. The third-order valence-electron chi connectivity index (χ3n) is 4.44. The lowest BCUT2D eigenvalue weighted by Gasteiger charge is -2.30. The lowest BCUT2D eigenvalue weighted by Crippen LogP contribution is -2.52. The highest BCUT2D eigenvalue weighted by Gasteiger charge is 2.85. The molecular weight excluding hydrogens is 425 g/mol. The molecule has 3 rings (SSSR count). The second-order valence-corrected chi connectivity index (χ2v) is 7.21. The van der Waals surface area contributed by atoms with Crippen LogP contribution in [-0.2, 0) is 6.42 Å². The number of halogens is 9. The van der Waals surface area contributed by atoms with E-state index in [1.54, 1.807) is 6.07 Å². The summed E-state index contributed by atoms with van der Waals surface area (Å²) in [5.74, 6) is -18.8. The molecule has 12 heteroatoms. The topological polar surface area (TPSA) is 20.3 Å². The second kappa shape index (κ2) is 6.33. The van der Waals surface area contributed by atoms with Crippen molar-refractivity contribution in [2.75, 3.05) is 5.75 Å². The Labute approximate surface area is 156 Å². The largest absolute Gasteiger partial charge is 0.420 e. The van der Waals surface area contributed by atoms with E-state index in [0.717, 1.165) is 0 Å². The average Bonchev–Trinajstić information content (AvgIpc) is 2.95. The molecule has 0 spiro atoms. The van der Waals surface area contributed by atoms with Gasteiger partial charge in [-0.05, 0) is 12.0 Å². The van der Waals surface area contributed by atoms with Gasteiger partial charge in [-0.25, -0.2) is 0 Å². The molecule has 0 bridgehead atoms. The molecule has 0 radical (unpaired) electrons. The molecule has 154 valence electrons. The van der Waals surface area contributed by atoms with Crippen LogP contribution < -0.4 is 0 Å². The first kappa shape index (κ1) is 20.9. The quantitative estimate of drug-likeness (QED) is 0.585. The van der Waals surface area contributed by atoms with E-state index >= 15 is 0 Å². The number of amides is 1. The highest BCUT2D eigenvalue weighted by molar-refractivity contribution is 8.13. The van der Waals surface area contributed by atoms with Crippen molar-refractivity contribution in [3.63, 3.8) is 0 Å². The summed E-state index contributed by atoms with van der Waals surface area (Å²) in [7, 11) is 0. The molecule has 1 atom stereocenters. The van der Waals surface area contributed by atoms with Gasteiger partial charge in [-0.15, -0.1) is 0 Å². The van der Waals surface area contributed by atoms with E-state index in [1.165, 1.54) is 24.3 Å². The fraction of sp³-hybridized carbons (Fsp3) is 0.438. The van der Waals surface area contributed by atoms with Crippen LogP contribution in [0.15, 0.2) is 41.6 Å². The van der Waals surface area contributed by atoms with Gasteiger partial charge in [0.1, 0.15) is 11.3 Å². The van der Waals surface area contributed by atoms with Crippen molar-refractivity contribution in [2.24, 2.45) is 0 Å². The summed E-state index contributed by atoms with van der Waals surface area (Å²) >= 11 is 0.296. The summed E-state index contributed by atoms with van der Waals surface area (Å²) in [6.45, 7) is 0. The summed E-state index contributed by atoms with van der Waals surface area (Å²) in [6.07, 6.45) is -6.48. The number of hydrogen-bond donors (Lipinski definition) is 0. The van der Waals surface area contributed by atoms with Gasteiger partial charge >= 0.3 is 23.9 Å². The summed E-state index contributed by atoms with van der Waals surface area (Å²) < 4.78 is 123. The molecule has 28 heavy (non-hydrogen) atoms. The summed E-state index contributed by atoms with van der Waals surface area (Å²) in [4.78, 5) is 11.8. The Morgan fingerprint density at radius 3 is 2.11 bits per heavy atom. The number of rotatable bonds is 3. The molecule has 1 aromatic rings. The molecule has 0 N–H and O–H groups in total. The van der Waals surface area contributed by atoms with Gasteiger partial charge in [0.2, 0.25) is 0 Å². The summed E-state index contributed by atoms with van der Waals surface area (Å²) in [5, 5.41) is -1.43. The highest BCUT2D eigenvalue weighted by atomic mass is 32.2. The van der Waals surface area contributed by atoms with Crippen molar-refractivity contribution in [1.29, 1.82) is 0 Å². The minimum atomic E-state index is -6.34. The lowest BCUT2D eigenvalue weighted by molar-refractivity contribution is -0.275. The van der Waals surface area contributed by atoms with Crippen LogP contribution in [0.4, 0.5) is 44.3 Å². The minimum Gasteiger partial charge on any atom is -0.296 e. The van der Waals surface area contributed by atoms with Crippen molar-refractivity contribution in [3.8, 4) is 0 Å². The molecule has 1 heterocycles. The van der Waals surface area contributed by atoms with E-state index in [-0.39, 0.29) is 17.1 Å². The van der Waals surface area contributed by atoms with Gasteiger partial charge in [0.15, 0.2) is 0 Å². The van der Waals surface area contributed by atoms with Gasteiger partial charge in [-0.1, -0.05) is 42.1 Å². The van der Waals surface area contributed by atoms with Crippen LogP contribution in [0, 0.1) is 0 Å². The molecule has 1 aliphatic carbocycles. The zero-order valence-corrected chi connectivity index (χ0v) is 14.4. The minimum absolute atomic E-state index is 0.241. The number of alkyl halides is 9. The molecule has 1 aliphatic heterocycles. The van der Waals surface area contributed by atoms with E-state index < -0.39 is 46.5 Å². The molecule has 1 aromatic carbocycles. The van der Waals surface area contributed by atoms with Gasteiger partial charge in [-0.3, -0.25) is 9.69 Å². The van der Waals surface area contributed by atoms with E-state index in [4.69, 9.17) is 0 Å². The van der Waals surface area contributed by atoms with Crippen LogP contribution in [0.5, 0.6) is 0 Å². The van der Waals surface area contributed by atoms with Crippen molar-refractivity contribution >= 4 is 17.0 Å². The standard InChI is InChI=1S/C16H10F9NOS/c17-13(18)10(15(21,22)23)11(14(19,20)16(13,24)25)26-9(7-28-12(26)27)6-8-4-2-1-3-5-8/h1-5,9H,6-7H2/t9-/m1/s1. The molecule has 0 unspecified atom stereocenters. The smallest absolute Gasteiger partial charge is 0.296 e. The Bertz CT molecular complexity index is 819. The molecular formula is C16H10F9NOS. The number of nitrogens with zero attached hydrogens (tertiary/aromatic N) is 1. The number of thioether (sulfide) groups is 1. The first-order chi connectivity index (χ1) is 12.7. The fourth-order valence-corrected chi connectivity index (χ4v) is 4.14. The number of allylic oxidation sites excluding steroid dienone is 2. The highest BCUT2D eigenvalue weighted by Crippen LogP contribution is 2.64. The van der Waals surface area contributed by atoms with Crippen LogP contribution in [-0.4, -0.2) is 45.9 Å². The van der Waals surface area contributed by atoms with Gasteiger partial charge in [0.05, 0.1) is 6.04 Å². The molecule has 1 amide bonds. The van der Waals surface area contributed by atoms with Crippen molar-refractivity contribution in [3.05, 3.63) is 47.2 Å². The first-order valence-corrected chi connectivity index (χ1v) is 8.67. The number of hydrogen-bond acceptors (Lipinski definition) is 2. The van der Waals surface area contributed by atoms with Gasteiger partial charge in [0, 0.05) is 5.75 Å². The molecule has 2 aliphatic rings. The number of carbonyl (C=O) groups excluding carboxylic acids is 1. The normalized spacial score (nSPS) is 26.2. The van der Waals surface area contributed by atoms with Gasteiger partial charge < -0.3 is 0 Å². The first-order valence-electron chi connectivity index (χ1n) is 7.68. The molecule has 1 fully saturated rings. The maximum absolute atomic E-state index is 14.2. The molecule has 2 nitrogen and oxygen atoms in total. The average molecular weight is 435 g/mol. The Hall–Kier alpha value is -1.85. The zero-order valence-electron chi connectivity index (χ0n) is 13.5. The van der Waals surface area contributed by atoms with Crippen LogP contribution >= 0.6 is 11.8 Å². The van der Waals surface area contributed by atoms with Crippen LogP contribution in [0.2, 0.25) is 0 Å². The van der Waals surface area contributed by atoms with Crippen LogP contribution in [0.3, 0.4) is 0 Å². The SMILES string of the molecule is O=C1SC[C@@H](Cc2ccccc2)N1C1=C(C(F)(F)F)C(F)(F)C(F)(F)C1(F)F. The Kier molecular flexibility index (Phi) is 4.72. The molecule has 0 saturated carbocycles. The zero-order chi connectivity index (χ0) is 21.1. The summed E-state index contributed by atoms with van der Waals surface area (Å²) in [5.41, 5.74) is -5.66. The monoisotopic (exact) mass is 435 g/mol. The van der Waals surface area contributed by atoms with E-state index in [9.17, 15) is 44.3 Å². The van der Waals surface area contributed by atoms with Crippen molar-refractivity contribution < 1.29 is 44.3 Å². The third-order valence-corrected chi connectivity index (χ3v) is 5.43. The van der Waals surface area contributed by atoms with Crippen molar-refractivity contribution in [2.45, 2.75) is 36.4 Å². The fourth-order valence-electron chi connectivity index (χ4n) is 3.16. The number of carbonyl (C=O) groups is 1. The lowest BCUT2D eigenvalue weighted by atomic mass is 10.0. The van der Waals surface area contributed by atoms with Crippen LogP contribution in [0.25, 0.3) is 0 Å². The maximum Gasteiger partial charge on any atom is 0.420 e. The number of benzene rings is 1. The van der Waals surface area contributed by atoms with Gasteiger partial charge in [0.25, 0.3) is 5.24 Å². The van der Waals surface area contributed by atoms with Crippen molar-refractivity contribution in [1.82, 2.24) is 4.90 Å². The Balaban J connectivity index is 2.17. The molecule has 0 aromatic heterocycles. The second-order valence-electron chi connectivity index (χ2n) is 6.24. The van der Waals surface area contributed by atoms with E-state index in [1.807, 2.05) is 0 Å². The summed E-state index contributed by atoms with van der Waals surface area (Å²) in [6, 6.07) is 6.16. The van der Waals surface area contributed by atoms with E-state index in [2.05, 4.69) is 0 Å². The predicted octanol–water partition coefficient (Wildman–Crippen LogP) is 5.50. The van der Waals surface area contributed by atoms with Crippen LogP contribution in [0.1, 0.15) is 5.56 Å². The van der Waals surface area contributed by atoms with E-state index in [0.29, 0.717) is 17.3 Å². The third kappa shape index (κ3) is 2.87.